The van der Waals surface area contributed by atoms with Gasteiger partial charge >= 0.3 is 0 Å². The Kier molecular flexibility index (Phi) is 14.5. The van der Waals surface area contributed by atoms with Crippen LogP contribution in [0.5, 0.6) is 0 Å². The van der Waals surface area contributed by atoms with Crippen molar-refractivity contribution < 1.29 is 0 Å². The van der Waals surface area contributed by atoms with E-state index in [-0.39, 0.29) is 10.8 Å². The van der Waals surface area contributed by atoms with Gasteiger partial charge in [-0.1, -0.05) is 174 Å². The molecule has 3 aliphatic rings. The van der Waals surface area contributed by atoms with Gasteiger partial charge in [0.2, 0.25) is 0 Å². The Morgan fingerprint density at radius 1 is 0.672 bits per heavy atom. The van der Waals surface area contributed by atoms with Crippen LogP contribution in [-0.2, 0) is 10.8 Å². The van der Waals surface area contributed by atoms with Gasteiger partial charge in [-0.2, -0.15) is 0 Å². The fourth-order valence-corrected chi connectivity index (χ4v) is 8.84. The van der Waals surface area contributed by atoms with E-state index in [0.29, 0.717) is 0 Å². The van der Waals surface area contributed by atoms with E-state index in [9.17, 15) is 0 Å². The molecule has 1 atom stereocenters. The summed E-state index contributed by atoms with van der Waals surface area (Å²) in [6.07, 6.45) is 18.8. The van der Waals surface area contributed by atoms with Gasteiger partial charge in [0.1, 0.15) is 0 Å². The number of benzene rings is 5. The minimum absolute atomic E-state index is 0.124. The zero-order valence-corrected chi connectivity index (χ0v) is 36.3. The summed E-state index contributed by atoms with van der Waals surface area (Å²) in [6.45, 7) is 27.6. The summed E-state index contributed by atoms with van der Waals surface area (Å²) in [4.78, 5) is 2.46. The van der Waals surface area contributed by atoms with Gasteiger partial charge in [-0.15, -0.1) is 13.2 Å². The van der Waals surface area contributed by atoms with Crippen LogP contribution in [0.3, 0.4) is 0 Å². The molecule has 58 heavy (non-hydrogen) atoms. The number of anilines is 3. The number of nitrogens with zero attached hydrogens (tertiary/aromatic N) is 1. The predicted molar refractivity (Wildman–Crippen MR) is 257 cm³/mol. The molecule has 296 valence electrons. The smallest absolute Gasteiger partial charge is 0.0607 e. The molecule has 0 aromatic heterocycles. The first-order valence-corrected chi connectivity index (χ1v) is 21.1. The first kappa shape index (κ1) is 43.2. The van der Waals surface area contributed by atoms with Gasteiger partial charge in [-0.3, -0.25) is 0 Å². The summed E-state index contributed by atoms with van der Waals surface area (Å²) in [5.74, 6) is 0. The molecule has 1 unspecified atom stereocenters. The molecular weight excluding hydrogens is 699 g/mol. The molecule has 0 saturated carbocycles. The van der Waals surface area contributed by atoms with Crippen LogP contribution in [0.1, 0.15) is 102 Å². The second-order valence-corrected chi connectivity index (χ2v) is 15.0. The Morgan fingerprint density at radius 3 is 1.78 bits per heavy atom. The lowest BCUT2D eigenvalue weighted by molar-refractivity contribution is 0.660. The van der Waals surface area contributed by atoms with Gasteiger partial charge in [-0.25, -0.2) is 0 Å². The predicted octanol–water partition coefficient (Wildman–Crippen LogP) is 16.9. The monoisotopic (exact) mass is 761 g/mol. The molecule has 0 aliphatic heterocycles. The first-order chi connectivity index (χ1) is 28.3. The highest BCUT2D eigenvalue weighted by atomic mass is 15.1. The Labute approximate surface area is 350 Å². The van der Waals surface area contributed by atoms with Crippen molar-refractivity contribution in [1.29, 1.82) is 0 Å². The molecular formula is C57H63N. The molecule has 0 amide bonds. The summed E-state index contributed by atoms with van der Waals surface area (Å²) in [5.41, 5.74) is 17.4. The van der Waals surface area contributed by atoms with Crippen molar-refractivity contribution in [2.45, 2.75) is 85.5 Å². The molecule has 0 fully saturated rings. The maximum Gasteiger partial charge on any atom is 0.0607 e. The van der Waals surface area contributed by atoms with Crippen LogP contribution in [0.4, 0.5) is 17.1 Å². The molecule has 5 aromatic carbocycles. The zero-order valence-electron chi connectivity index (χ0n) is 36.3. The number of hydrogen-bond donors (Lipinski definition) is 0. The minimum Gasteiger partial charge on any atom is -0.310 e. The lowest BCUT2D eigenvalue weighted by atomic mass is 9.68. The third-order valence-electron chi connectivity index (χ3n) is 11.7. The van der Waals surface area contributed by atoms with Crippen molar-refractivity contribution in [3.8, 4) is 11.1 Å². The average molecular weight is 762 g/mol. The molecule has 1 heteroatoms. The highest BCUT2D eigenvalue weighted by Gasteiger charge is 2.43. The second-order valence-electron chi connectivity index (χ2n) is 15.0. The van der Waals surface area contributed by atoms with Crippen molar-refractivity contribution >= 4 is 28.2 Å². The summed E-state index contributed by atoms with van der Waals surface area (Å²) < 4.78 is 0. The zero-order chi connectivity index (χ0) is 41.9. The van der Waals surface area contributed by atoms with Gasteiger partial charge in [0, 0.05) is 22.5 Å². The lowest BCUT2D eigenvalue weighted by Crippen LogP contribution is -2.27. The maximum absolute atomic E-state index is 4.52. The van der Waals surface area contributed by atoms with Gasteiger partial charge in [0.15, 0.2) is 0 Å². The van der Waals surface area contributed by atoms with Crippen molar-refractivity contribution in [1.82, 2.24) is 0 Å². The molecule has 0 spiro atoms. The Morgan fingerprint density at radius 2 is 1.22 bits per heavy atom. The topological polar surface area (TPSA) is 3.24 Å². The Bertz CT molecular complexity index is 2320. The van der Waals surface area contributed by atoms with E-state index in [1.165, 1.54) is 55.7 Å². The molecule has 0 N–H and O–H groups in total. The molecule has 1 nitrogen and oxygen atoms in total. The lowest BCUT2D eigenvalue weighted by Gasteiger charge is -2.35. The van der Waals surface area contributed by atoms with Crippen molar-refractivity contribution in [3.05, 3.63) is 223 Å². The molecule has 5 aromatic rings. The summed E-state index contributed by atoms with van der Waals surface area (Å²) in [6, 6.07) is 45.0. The van der Waals surface area contributed by atoms with E-state index >= 15 is 0 Å². The molecule has 0 heterocycles. The number of allylic oxidation sites excluding steroid dienone is 11. The van der Waals surface area contributed by atoms with E-state index in [1.807, 2.05) is 39.8 Å². The molecule has 3 aliphatic carbocycles. The average Bonchev–Trinajstić information content (AvgIpc) is 3.73. The standard InChI is InChI=1S/C49H45N.C4H8.C2H6.C2H4/c1-6-35-33-49(38-19-13-9-14-20-38,39-21-15-10-16-22-39)47-32-42(28-30-44(35)47)50(40-25-23-37(24-26-40)36-17-11-8-12-18-36)41-27-29-43-34(3)45(7-2)48(4,5)46(43)31-41;1-3-4-2;2*1-2/h7-15,17-21,23-33H,3,6,16,22H2,1-2,4-5H3;3-4H,1-2H3;1-2H3;1-2H2/b45-7+;4-3-;;. The third-order valence-corrected chi connectivity index (χ3v) is 11.7. The molecule has 0 saturated heterocycles. The maximum atomic E-state index is 4.52. The van der Waals surface area contributed by atoms with E-state index < -0.39 is 0 Å². The largest absolute Gasteiger partial charge is 0.310 e. The van der Waals surface area contributed by atoms with Crippen LogP contribution in [0.25, 0.3) is 22.3 Å². The number of rotatable bonds is 7. The van der Waals surface area contributed by atoms with Crippen LogP contribution in [0.2, 0.25) is 0 Å². The van der Waals surface area contributed by atoms with Crippen LogP contribution in [0.15, 0.2) is 195 Å². The molecule has 8 rings (SSSR count). The summed E-state index contributed by atoms with van der Waals surface area (Å²) in [7, 11) is 0. The van der Waals surface area contributed by atoms with E-state index in [2.05, 4.69) is 204 Å². The van der Waals surface area contributed by atoms with Crippen molar-refractivity contribution in [2.75, 3.05) is 4.90 Å². The normalized spacial score (nSPS) is 17.7. The van der Waals surface area contributed by atoms with Crippen LogP contribution in [-0.4, -0.2) is 0 Å². The Balaban J connectivity index is 0.000000746. The summed E-state index contributed by atoms with van der Waals surface area (Å²) >= 11 is 0. The quantitative estimate of drug-likeness (QED) is 0.149. The third kappa shape index (κ3) is 8.09. The highest BCUT2D eigenvalue weighted by Crippen LogP contribution is 2.55. The Hall–Kier alpha value is -5.92. The van der Waals surface area contributed by atoms with Crippen LogP contribution < -0.4 is 4.90 Å². The number of fused-ring (bicyclic) bond motifs is 2. The SMILES string of the molecule is C/C=C\C.C=C.C=C1/C(=C\C)C(C)(C)c2cc(N(c3ccc(-c4ccccc4)cc3)c3ccc4c(c3)C(C3=CC=CCC3)(c3ccccc3)C=C4CC)ccc21.CC. The fraction of sp³-hybridized carbons (Fsp3) is 0.228. The van der Waals surface area contributed by atoms with E-state index in [1.54, 1.807) is 0 Å². The van der Waals surface area contributed by atoms with E-state index in [0.717, 1.165) is 41.9 Å². The van der Waals surface area contributed by atoms with Gasteiger partial charge < -0.3 is 4.90 Å². The van der Waals surface area contributed by atoms with Crippen LogP contribution >= 0.6 is 0 Å². The molecule has 0 bridgehead atoms. The van der Waals surface area contributed by atoms with Gasteiger partial charge in [0.05, 0.1) is 5.41 Å². The van der Waals surface area contributed by atoms with Crippen molar-refractivity contribution in [2.24, 2.45) is 0 Å². The minimum atomic E-state index is -0.315. The van der Waals surface area contributed by atoms with Crippen molar-refractivity contribution in [3.63, 3.8) is 0 Å². The number of hydrogen-bond acceptors (Lipinski definition) is 1. The van der Waals surface area contributed by atoms with Gasteiger partial charge in [0.25, 0.3) is 0 Å². The summed E-state index contributed by atoms with van der Waals surface area (Å²) in [5, 5.41) is 0. The highest BCUT2D eigenvalue weighted by molar-refractivity contribution is 5.91. The first-order valence-electron chi connectivity index (χ1n) is 21.1. The van der Waals surface area contributed by atoms with Gasteiger partial charge in [-0.05, 0) is 132 Å². The molecule has 0 radical (unpaired) electrons. The van der Waals surface area contributed by atoms with Crippen LogP contribution in [0, 0.1) is 0 Å². The van der Waals surface area contributed by atoms with E-state index in [4.69, 9.17) is 0 Å². The second kappa shape index (κ2) is 19.5. The fourth-order valence-electron chi connectivity index (χ4n) is 8.84.